The van der Waals surface area contributed by atoms with E-state index >= 15 is 0 Å². The van der Waals surface area contributed by atoms with E-state index in [9.17, 15) is 0 Å². The van der Waals surface area contributed by atoms with Gasteiger partial charge in [-0.1, -0.05) is 42.4 Å². The van der Waals surface area contributed by atoms with Crippen molar-refractivity contribution in [3.63, 3.8) is 0 Å². The van der Waals surface area contributed by atoms with Crippen LogP contribution >= 0.6 is 15.9 Å². The predicted octanol–water partition coefficient (Wildman–Crippen LogP) is 4.58. The number of nitrogens with zero attached hydrogens (tertiary/aromatic N) is 2. The van der Waals surface area contributed by atoms with Crippen LogP contribution in [0.3, 0.4) is 0 Å². The summed E-state index contributed by atoms with van der Waals surface area (Å²) in [6.07, 6.45) is 6.03. The largest absolute Gasteiger partial charge is 0.0683 e. The van der Waals surface area contributed by atoms with E-state index in [2.05, 4.69) is 82.4 Å². The van der Waals surface area contributed by atoms with Crippen molar-refractivity contribution in [3.05, 3.63) is 58.9 Å². The van der Waals surface area contributed by atoms with Crippen LogP contribution in [0, 0.1) is 0 Å². The van der Waals surface area contributed by atoms with Crippen molar-refractivity contribution in [1.82, 2.24) is 4.90 Å². The molecule has 0 atom stereocenters. The number of hydrogen-bond donors (Lipinski definition) is 0. The van der Waals surface area contributed by atoms with E-state index < -0.39 is 0 Å². The Hall–Kier alpha value is -1.13. The first-order valence-electron chi connectivity index (χ1n) is 8.37. The number of hydrogen-bond acceptors (Lipinski definition) is 2. The smallest absolute Gasteiger partial charge is 0.0683 e. The fraction of sp³-hybridized carbons (Fsp3) is 0.421. The second kappa shape index (κ2) is 11.4. The molecule has 0 radical (unpaired) electrons. The third-order valence-corrected chi connectivity index (χ3v) is 4.28. The fourth-order valence-corrected chi connectivity index (χ4v) is 2.63. The van der Waals surface area contributed by atoms with Gasteiger partial charge < -0.3 is 0 Å². The van der Waals surface area contributed by atoms with Gasteiger partial charge in [0, 0.05) is 0 Å². The summed E-state index contributed by atoms with van der Waals surface area (Å²) in [6.45, 7) is 17.5. The van der Waals surface area contributed by atoms with E-state index in [1.807, 2.05) is 19.9 Å². The van der Waals surface area contributed by atoms with Crippen LogP contribution in [-0.2, 0) is 0 Å². The van der Waals surface area contributed by atoms with Crippen LogP contribution in [0.15, 0.2) is 58.9 Å². The average molecular weight is 375 g/mol. The Morgan fingerprint density at radius 3 is 2.35 bits per heavy atom. The molecule has 0 bridgehead atoms. The van der Waals surface area contributed by atoms with E-state index in [0.717, 1.165) is 37.2 Å². The van der Waals surface area contributed by atoms with Crippen LogP contribution in [0.1, 0.15) is 20.8 Å². The topological polar surface area (TPSA) is 6.48 Å². The molecular weight excluding hydrogens is 347 g/mol. The molecule has 2 heterocycles. The Kier molecular flexibility index (Phi) is 9.89. The third-order valence-electron chi connectivity index (χ3n) is 3.69. The summed E-state index contributed by atoms with van der Waals surface area (Å²) in [5, 5.41) is 0. The van der Waals surface area contributed by atoms with Crippen molar-refractivity contribution in [2.75, 3.05) is 37.6 Å². The Morgan fingerprint density at radius 1 is 1.17 bits per heavy atom. The maximum Gasteiger partial charge on any atom is -0.0683 e. The summed E-state index contributed by atoms with van der Waals surface area (Å²) >= 11 is 3.44. The summed E-state index contributed by atoms with van der Waals surface area (Å²) in [5.41, 5.74) is 2.71. The van der Waals surface area contributed by atoms with Crippen molar-refractivity contribution in [3.8, 4) is 0 Å². The molecule has 0 aliphatic carbocycles. The molecule has 1 saturated heterocycles. The van der Waals surface area contributed by atoms with Gasteiger partial charge >= 0.3 is 108 Å². The molecule has 0 aromatic carbocycles. The Balaban J connectivity index is 0.00000127. The van der Waals surface area contributed by atoms with Gasteiger partial charge in [-0.3, -0.25) is 0 Å². The molecule has 1 aliphatic heterocycles. The first kappa shape index (κ1) is 19.9. The predicted molar refractivity (Wildman–Crippen MR) is 109 cm³/mol. The first-order valence-corrected chi connectivity index (χ1v) is 9.16. The van der Waals surface area contributed by atoms with E-state index in [-0.39, 0.29) is 0 Å². The number of rotatable bonds is 5. The zero-order valence-corrected chi connectivity index (χ0v) is 16.2. The maximum absolute atomic E-state index is 3.73. The SMILES string of the molecule is C=C/C(Br)=C\C=C(/C)CN1CCN(c2ccbcc2)CC1.CC. The van der Waals surface area contributed by atoms with Gasteiger partial charge in [-0.05, 0) is 0 Å². The second-order valence-corrected chi connectivity index (χ2v) is 6.28. The molecule has 124 valence electrons. The van der Waals surface area contributed by atoms with Gasteiger partial charge in [0.1, 0.15) is 0 Å². The quantitative estimate of drug-likeness (QED) is 0.695. The van der Waals surface area contributed by atoms with Crippen molar-refractivity contribution in [1.29, 1.82) is 0 Å². The number of piperazine rings is 1. The molecule has 1 aromatic rings. The van der Waals surface area contributed by atoms with Crippen LogP contribution < -0.4 is 4.90 Å². The zero-order chi connectivity index (χ0) is 17.1. The monoisotopic (exact) mass is 374 g/mol. The van der Waals surface area contributed by atoms with Gasteiger partial charge in [-0.2, -0.15) is 0 Å². The third kappa shape index (κ3) is 7.32. The number of halogens is 1. The zero-order valence-electron chi connectivity index (χ0n) is 14.6. The summed E-state index contributed by atoms with van der Waals surface area (Å²) < 4.78 is 1.02. The van der Waals surface area contributed by atoms with E-state index in [1.165, 1.54) is 11.3 Å². The van der Waals surface area contributed by atoms with Crippen LogP contribution in [0.4, 0.5) is 5.69 Å². The van der Waals surface area contributed by atoms with Gasteiger partial charge in [0.15, 0.2) is 0 Å². The molecule has 0 unspecified atom stereocenters. The summed E-state index contributed by atoms with van der Waals surface area (Å²) in [6, 6.07) is 4.39. The molecular formula is C19H28BBrN2. The van der Waals surface area contributed by atoms with Crippen molar-refractivity contribution >= 4 is 28.5 Å². The standard InChI is InChI=1S/C17H22BBrN2.C2H6/c1-3-16(19)5-4-15(2)14-20-10-12-21(13-11-20)17-6-8-18-9-7-17;1-2/h3-9H,1,10-14H2,2H3;1-2H3/b15-4+,16-5+;. The van der Waals surface area contributed by atoms with Gasteiger partial charge in [0.05, 0.1) is 0 Å². The summed E-state index contributed by atoms with van der Waals surface area (Å²) in [7, 11) is 0. The minimum atomic E-state index is 1.02. The molecule has 0 N–H and O–H groups in total. The molecule has 0 spiro atoms. The maximum atomic E-state index is 3.73. The van der Waals surface area contributed by atoms with Gasteiger partial charge in [0.2, 0.25) is 0 Å². The Labute approximate surface area is 150 Å². The van der Waals surface area contributed by atoms with Crippen LogP contribution in [0.2, 0.25) is 0 Å². The van der Waals surface area contributed by atoms with Gasteiger partial charge in [-0.15, -0.1) is 0 Å². The van der Waals surface area contributed by atoms with E-state index in [4.69, 9.17) is 0 Å². The van der Waals surface area contributed by atoms with Gasteiger partial charge in [-0.25, -0.2) is 0 Å². The molecule has 4 heteroatoms. The van der Waals surface area contributed by atoms with Crippen molar-refractivity contribution < 1.29 is 0 Å². The molecule has 0 amide bonds. The number of anilines is 1. The Morgan fingerprint density at radius 2 is 1.78 bits per heavy atom. The fourth-order valence-electron chi connectivity index (χ4n) is 2.50. The van der Waals surface area contributed by atoms with Crippen LogP contribution in [-0.4, -0.2) is 44.5 Å². The number of allylic oxidation sites excluding steroid dienone is 4. The molecule has 1 fully saturated rings. The van der Waals surface area contributed by atoms with Gasteiger partial charge in [0.25, 0.3) is 0 Å². The first-order chi connectivity index (χ1) is 11.2. The summed E-state index contributed by atoms with van der Waals surface area (Å²) in [4.78, 5) is 4.98. The minimum Gasteiger partial charge on any atom is -0.0683 e. The Bertz CT molecular complexity index is 517. The molecule has 23 heavy (non-hydrogen) atoms. The van der Waals surface area contributed by atoms with Crippen LogP contribution in [0.5, 0.6) is 0 Å². The molecule has 2 rings (SSSR count). The van der Waals surface area contributed by atoms with Crippen LogP contribution in [0.25, 0.3) is 0 Å². The molecule has 1 aromatic heterocycles. The second-order valence-electron chi connectivity index (χ2n) is 5.37. The van der Waals surface area contributed by atoms with Crippen molar-refractivity contribution in [2.45, 2.75) is 20.8 Å². The van der Waals surface area contributed by atoms with E-state index in [0.29, 0.717) is 0 Å². The van der Waals surface area contributed by atoms with Crippen molar-refractivity contribution in [2.24, 2.45) is 0 Å². The van der Waals surface area contributed by atoms with E-state index in [1.54, 1.807) is 0 Å². The molecule has 1 aliphatic rings. The average Bonchev–Trinajstić information content (AvgIpc) is 2.62. The summed E-state index contributed by atoms with van der Waals surface area (Å²) in [5.74, 6) is 4.22. The molecule has 2 nitrogen and oxygen atoms in total. The normalized spacial score (nSPS) is 16.4. The molecule has 0 saturated carbocycles. The minimum absolute atomic E-state index is 1.02.